The highest BCUT2D eigenvalue weighted by atomic mass is 35.5. The van der Waals surface area contributed by atoms with Crippen molar-refractivity contribution in [1.29, 1.82) is 0 Å². The van der Waals surface area contributed by atoms with Crippen molar-refractivity contribution < 1.29 is 4.79 Å². The molecule has 6 heteroatoms. The van der Waals surface area contributed by atoms with Crippen LogP contribution in [0.15, 0.2) is 109 Å². The monoisotopic (exact) mass is 567 g/mol. The number of piperazine rings is 1. The molecule has 4 aromatic carbocycles. The van der Waals surface area contributed by atoms with E-state index in [-0.39, 0.29) is 17.9 Å². The first-order valence-electron chi connectivity index (χ1n) is 13.7. The SMILES string of the molecule is O=C(CC(c1ccc(Cl)c(Cl)c1)c1c[nH]c2ccccc12)N1CCN(C(c2ccccc2)c2ccccc2)CC1. The van der Waals surface area contributed by atoms with E-state index < -0.39 is 0 Å². The largest absolute Gasteiger partial charge is 0.361 e. The molecule has 0 aliphatic carbocycles. The third-order valence-corrected chi connectivity index (χ3v) is 8.72. The summed E-state index contributed by atoms with van der Waals surface area (Å²) in [5, 5.41) is 2.12. The Bertz CT molecular complexity index is 1550. The van der Waals surface area contributed by atoms with Gasteiger partial charge < -0.3 is 9.88 Å². The summed E-state index contributed by atoms with van der Waals surface area (Å²) in [6, 6.07) is 35.3. The van der Waals surface area contributed by atoms with Crippen LogP contribution in [0.5, 0.6) is 0 Å². The Balaban J connectivity index is 1.22. The third kappa shape index (κ3) is 5.53. The van der Waals surface area contributed by atoms with E-state index in [0.29, 0.717) is 29.6 Å². The minimum atomic E-state index is -0.141. The first kappa shape index (κ1) is 26.6. The number of hydrogen-bond acceptors (Lipinski definition) is 2. The van der Waals surface area contributed by atoms with E-state index in [1.165, 1.54) is 11.1 Å². The standard InChI is InChI=1S/C34H31Cl2N3O/c35-30-16-15-26(21-31(30)36)28(29-23-37-32-14-8-7-13-27(29)32)22-33(40)38-17-19-39(20-18-38)34(24-9-3-1-4-10-24)25-11-5-2-6-12-25/h1-16,21,23,28,34,37H,17-20,22H2. The number of aromatic nitrogens is 1. The van der Waals surface area contributed by atoms with Crippen molar-refractivity contribution in [2.75, 3.05) is 26.2 Å². The highest BCUT2D eigenvalue weighted by molar-refractivity contribution is 6.42. The number of fused-ring (bicyclic) bond motifs is 1. The molecule has 1 aliphatic heterocycles. The summed E-state index contributed by atoms with van der Waals surface area (Å²) in [5.41, 5.74) is 5.67. The predicted octanol–water partition coefficient (Wildman–Crippen LogP) is 7.93. The highest BCUT2D eigenvalue weighted by Crippen LogP contribution is 2.37. The average molecular weight is 569 g/mol. The lowest BCUT2D eigenvalue weighted by Gasteiger charge is -2.40. The minimum Gasteiger partial charge on any atom is -0.361 e. The molecule has 1 N–H and O–H groups in total. The van der Waals surface area contributed by atoms with Crippen LogP contribution in [-0.2, 0) is 4.79 Å². The molecular weight excluding hydrogens is 537 g/mol. The van der Waals surface area contributed by atoms with Crippen molar-refractivity contribution >= 4 is 40.0 Å². The summed E-state index contributed by atoms with van der Waals surface area (Å²) in [4.78, 5) is 21.7. The Labute approximate surface area is 245 Å². The zero-order valence-corrected chi connectivity index (χ0v) is 23.7. The van der Waals surface area contributed by atoms with Crippen LogP contribution < -0.4 is 0 Å². The number of rotatable bonds is 7. The van der Waals surface area contributed by atoms with Crippen LogP contribution in [0.1, 0.15) is 40.6 Å². The van der Waals surface area contributed by atoms with Gasteiger partial charge in [0.15, 0.2) is 0 Å². The summed E-state index contributed by atoms with van der Waals surface area (Å²) in [6.07, 6.45) is 2.38. The van der Waals surface area contributed by atoms with Crippen molar-refractivity contribution in [2.24, 2.45) is 0 Å². The zero-order valence-electron chi connectivity index (χ0n) is 22.1. The van der Waals surface area contributed by atoms with Crippen molar-refractivity contribution in [3.63, 3.8) is 0 Å². The van der Waals surface area contributed by atoms with E-state index in [9.17, 15) is 4.79 Å². The van der Waals surface area contributed by atoms with Crippen molar-refractivity contribution in [3.05, 3.63) is 142 Å². The van der Waals surface area contributed by atoms with Crippen LogP contribution in [0.3, 0.4) is 0 Å². The van der Waals surface area contributed by atoms with Crippen LogP contribution in [0.25, 0.3) is 10.9 Å². The van der Waals surface area contributed by atoms with E-state index in [4.69, 9.17) is 23.2 Å². The topological polar surface area (TPSA) is 39.3 Å². The Morgan fingerprint density at radius 3 is 2.00 bits per heavy atom. The average Bonchev–Trinajstić information content (AvgIpc) is 3.43. The van der Waals surface area contributed by atoms with Gasteiger partial charge in [-0.1, -0.05) is 108 Å². The minimum absolute atomic E-state index is 0.141. The van der Waals surface area contributed by atoms with E-state index >= 15 is 0 Å². The second-order valence-corrected chi connectivity index (χ2v) is 11.2. The fourth-order valence-electron chi connectivity index (χ4n) is 5.94. The second kappa shape index (κ2) is 11.9. The first-order valence-corrected chi connectivity index (χ1v) is 14.5. The molecule has 1 saturated heterocycles. The van der Waals surface area contributed by atoms with E-state index in [1.807, 2.05) is 41.4 Å². The van der Waals surface area contributed by atoms with Gasteiger partial charge in [0.1, 0.15) is 0 Å². The second-order valence-electron chi connectivity index (χ2n) is 10.4. The molecule has 1 amide bonds. The van der Waals surface area contributed by atoms with Gasteiger partial charge in [-0.3, -0.25) is 9.69 Å². The van der Waals surface area contributed by atoms with Crippen LogP contribution in [0.2, 0.25) is 10.0 Å². The van der Waals surface area contributed by atoms with E-state index in [1.54, 1.807) is 0 Å². The van der Waals surface area contributed by atoms with Gasteiger partial charge in [0, 0.05) is 55.6 Å². The quantitative estimate of drug-likeness (QED) is 0.217. The molecule has 1 atom stereocenters. The molecule has 1 aromatic heterocycles. The molecule has 6 rings (SSSR count). The molecule has 1 unspecified atom stereocenters. The molecule has 2 heterocycles. The Morgan fingerprint density at radius 1 is 0.725 bits per heavy atom. The Hall–Kier alpha value is -3.57. The lowest BCUT2D eigenvalue weighted by molar-refractivity contribution is -0.133. The van der Waals surface area contributed by atoms with E-state index in [2.05, 4.69) is 82.7 Å². The van der Waals surface area contributed by atoms with Crippen LogP contribution in [0.4, 0.5) is 0 Å². The summed E-state index contributed by atoms with van der Waals surface area (Å²) in [6.45, 7) is 3.00. The van der Waals surface area contributed by atoms with Gasteiger partial charge in [0.25, 0.3) is 0 Å². The molecular formula is C34H31Cl2N3O. The smallest absolute Gasteiger partial charge is 0.223 e. The van der Waals surface area contributed by atoms with Crippen LogP contribution >= 0.6 is 23.2 Å². The molecule has 1 aliphatic rings. The molecule has 0 saturated carbocycles. The number of hydrogen-bond donors (Lipinski definition) is 1. The Kier molecular flexibility index (Phi) is 7.92. The van der Waals surface area contributed by atoms with Gasteiger partial charge >= 0.3 is 0 Å². The summed E-state index contributed by atoms with van der Waals surface area (Å²) >= 11 is 12.7. The summed E-state index contributed by atoms with van der Waals surface area (Å²) < 4.78 is 0. The fourth-order valence-corrected chi connectivity index (χ4v) is 6.24. The summed E-state index contributed by atoms with van der Waals surface area (Å²) in [7, 11) is 0. The molecule has 40 heavy (non-hydrogen) atoms. The highest BCUT2D eigenvalue weighted by Gasteiger charge is 2.30. The number of para-hydroxylation sites is 1. The number of carbonyl (C=O) groups excluding carboxylic acids is 1. The molecule has 0 radical (unpaired) electrons. The van der Waals surface area contributed by atoms with Gasteiger partial charge in [-0.2, -0.15) is 0 Å². The van der Waals surface area contributed by atoms with Crippen molar-refractivity contribution in [2.45, 2.75) is 18.4 Å². The number of halogens is 2. The lowest BCUT2D eigenvalue weighted by Crippen LogP contribution is -2.50. The number of amides is 1. The number of aromatic amines is 1. The number of nitrogens with one attached hydrogen (secondary N) is 1. The molecule has 202 valence electrons. The molecule has 0 bridgehead atoms. The van der Waals surface area contributed by atoms with Crippen molar-refractivity contribution in [1.82, 2.24) is 14.8 Å². The van der Waals surface area contributed by atoms with Gasteiger partial charge in [0.05, 0.1) is 16.1 Å². The number of H-pyrrole nitrogens is 1. The maximum atomic E-state index is 13.8. The van der Waals surface area contributed by atoms with Gasteiger partial charge in [0.2, 0.25) is 5.91 Å². The van der Waals surface area contributed by atoms with E-state index in [0.717, 1.165) is 35.1 Å². The Morgan fingerprint density at radius 2 is 1.35 bits per heavy atom. The lowest BCUT2D eigenvalue weighted by atomic mass is 9.87. The number of benzene rings is 4. The zero-order chi connectivity index (χ0) is 27.5. The molecule has 1 fully saturated rings. The molecule has 5 aromatic rings. The maximum absolute atomic E-state index is 13.8. The van der Waals surface area contributed by atoms with Gasteiger partial charge in [-0.05, 0) is 40.5 Å². The normalized spacial score (nSPS) is 15.0. The predicted molar refractivity (Wildman–Crippen MR) is 164 cm³/mol. The molecule has 4 nitrogen and oxygen atoms in total. The van der Waals surface area contributed by atoms with Crippen LogP contribution in [-0.4, -0.2) is 46.9 Å². The molecule has 0 spiro atoms. The number of carbonyl (C=O) groups is 1. The van der Waals surface area contributed by atoms with Crippen molar-refractivity contribution in [3.8, 4) is 0 Å². The summed E-state index contributed by atoms with van der Waals surface area (Å²) in [5.74, 6) is 0.00908. The first-order chi connectivity index (χ1) is 19.6. The van der Waals surface area contributed by atoms with Gasteiger partial charge in [-0.25, -0.2) is 0 Å². The fraction of sp³-hybridized carbons (Fsp3) is 0.206. The van der Waals surface area contributed by atoms with Gasteiger partial charge in [-0.15, -0.1) is 0 Å². The van der Waals surface area contributed by atoms with Crippen LogP contribution in [0, 0.1) is 0 Å². The maximum Gasteiger partial charge on any atom is 0.223 e. The third-order valence-electron chi connectivity index (χ3n) is 7.98. The number of nitrogens with zero attached hydrogens (tertiary/aromatic N) is 2.